The molecular formula is C26H19N3O5. The van der Waals surface area contributed by atoms with Crippen LogP contribution in [0.2, 0.25) is 0 Å². The molecule has 0 bridgehead atoms. The number of fused-ring (bicyclic) bond motifs is 1. The summed E-state index contributed by atoms with van der Waals surface area (Å²) in [5.41, 5.74) is 3.32. The van der Waals surface area contributed by atoms with E-state index in [9.17, 15) is 14.7 Å². The molecule has 5 aromatic rings. The molecule has 1 amide bonds. The van der Waals surface area contributed by atoms with Crippen molar-refractivity contribution in [3.8, 4) is 16.8 Å². The summed E-state index contributed by atoms with van der Waals surface area (Å²) in [6.45, 7) is -0.122. The van der Waals surface area contributed by atoms with Crippen molar-refractivity contribution in [2.75, 3.05) is 5.32 Å². The molecule has 0 aliphatic heterocycles. The Morgan fingerprint density at radius 2 is 1.68 bits per heavy atom. The predicted octanol–water partition coefficient (Wildman–Crippen LogP) is 5.73. The molecule has 0 fully saturated rings. The molecule has 3 aromatic carbocycles. The Kier molecular flexibility index (Phi) is 5.53. The zero-order valence-electron chi connectivity index (χ0n) is 17.8. The lowest BCUT2D eigenvalue weighted by Gasteiger charge is -2.04. The summed E-state index contributed by atoms with van der Waals surface area (Å²) in [5.74, 6) is -0.869. The number of carbonyl (C=O) groups is 2. The molecule has 0 saturated carbocycles. The van der Waals surface area contributed by atoms with E-state index >= 15 is 0 Å². The van der Waals surface area contributed by atoms with Crippen molar-refractivity contribution in [2.45, 2.75) is 6.61 Å². The van der Waals surface area contributed by atoms with E-state index < -0.39 is 12.1 Å². The van der Waals surface area contributed by atoms with Crippen LogP contribution in [-0.2, 0) is 11.3 Å². The molecule has 8 nitrogen and oxygen atoms in total. The number of nitrogens with zero attached hydrogens (tertiary/aromatic N) is 2. The summed E-state index contributed by atoms with van der Waals surface area (Å²) in [5, 5.41) is 16.9. The van der Waals surface area contributed by atoms with Crippen LogP contribution in [0.4, 0.5) is 10.6 Å². The maximum Gasteiger partial charge on any atom is 0.413 e. The minimum atomic E-state index is -1.22. The summed E-state index contributed by atoms with van der Waals surface area (Å²) in [7, 11) is 0. The number of anilines is 1. The first-order valence-electron chi connectivity index (χ1n) is 10.5. The number of carboxylic acid groups (broad SMARTS) is 1. The molecule has 2 heterocycles. The van der Waals surface area contributed by atoms with Crippen LogP contribution >= 0.6 is 0 Å². The molecule has 2 aromatic heterocycles. The number of hydrogen-bond acceptors (Lipinski definition) is 5. The van der Waals surface area contributed by atoms with Gasteiger partial charge in [-0.25, -0.2) is 14.3 Å². The molecule has 168 valence electrons. The van der Waals surface area contributed by atoms with E-state index in [0.29, 0.717) is 17.0 Å². The second-order valence-electron chi connectivity index (χ2n) is 7.51. The number of carboxylic acids is 1. The first-order chi connectivity index (χ1) is 16.6. The van der Waals surface area contributed by atoms with E-state index in [1.54, 1.807) is 24.3 Å². The van der Waals surface area contributed by atoms with Crippen molar-refractivity contribution in [3.63, 3.8) is 0 Å². The first-order valence-corrected chi connectivity index (χ1v) is 10.5. The molecule has 0 spiro atoms. The Morgan fingerprint density at radius 1 is 0.941 bits per heavy atom. The highest BCUT2D eigenvalue weighted by Gasteiger charge is 2.19. The topological polar surface area (TPSA) is 107 Å². The van der Waals surface area contributed by atoms with E-state index in [0.717, 1.165) is 16.5 Å². The zero-order chi connectivity index (χ0) is 23.5. The number of aromatic nitrogens is 2. The van der Waals surface area contributed by atoms with E-state index in [4.69, 9.17) is 9.15 Å². The Bertz CT molecular complexity index is 1470. The van der Waals surface area contributed by atoms with Gasteiger partial charge in [0.05, 0.1) is 5.69 Å². The summed E-state index contributed by atoms with van der Waals surface area (Å²) in [6, 6.07) is 26.6. The molecule has 0 aliphatic carbocycles. The lowest BCUT2D eigenvalue weighted by molar-refractivity contribution is 0.0698. The molecule has 0 saturated heterocycles. The van der Waals surface area contributed by atoms with Crippen molar-refractivity contribution in [1.29, 1.82) is 0 Å². The van der Waals surface area contributed by atoms with Gasteiger partial charge in [0.1, 0.15) is 16.9 Å². The third-order valence-corrected chi connectivity index (χ3v) is 5.21. The van der Waals surface area contributed by atoms with E-state index in [1.807, 2.05) is 60.7 Å². The summed E-state index contributed by atoms with van der Waals surface area (Å²) in [6.07, 6.45) is 0.489. The van der Waals surface area contributed by atoms with Gasteiger partial charge in [-0.3, -0.25) is 5.32 Å². The predicted molar refractivity (Wildman–Crippen MR) is 126 cm³/mol. The number of aromatic carboxylic acids is 1. The largest absolute Gasteiger partial charge is 0.477 e. The zero-order valence-corrected chi connectivity index (χ0v) is 17.8. The maximum atomic E-state index is 12.3. The molecule has 0 radical (unpaired) electrons. The van der Waals surface area contributed by atoms with Crippen molar-refractivity contribution in [2.24, 2.45) is 0 Å². The fourth-order valence-electron chi connectivity index (χ4n) is 3.58. The van der Waals surface area contributed by atoms with Crippen LogP contribution in [0.1, 0.15) is 16.1 Å². The van der Waals surface area contributed by atoms with Gasteiger partial charge >= 0.3 is 12.1 Å². The van der Waals surface area contributed by atoms with Crippen LogP contribution in [0.25, 0.3) is 27.8 Å². The van der Waals surface area contributed by atoms with Gasteiger partial charge in [0.25, 0.3) is 0 Å². The fraction of sp³-hybridized carbons (Fsp3) is 0.0385. The lowest BCUT2D eigenvalue weighted by Crippen LogP contribution is -2.15. The maximum absolute atomic E-state index is 12.3. The van der Waals surface area contributed by atoms with Crippen LogP contribution < -0.4 is 5.32 Å². The smallest absolute Gasteiger partial charge is 0.413 e. The SMILES string of the molecule is O=C(Nc1nn(-c2ccccc2)cc1C(=O)O)OCc1cc2cc(-c3ccccc3)ccc2o1. The number of nitrogens with one attached hydrogen (secondary N) is 1. The Morgan fingerprint density at radius 3 is 2.41 bits per heavy atom. The third-order valence-electron chi connectivity index (χ3n) is 5.21. The quantitative estimate of drug-likeness (QED) is 0.340. The number of rotatable bonds is 6. The molecule has 5 rings (SSSR count). The number of furan rings is 1. The molecule has 0 aliphatic rings. The highest BCUT2D eigenvalue weighted by Crippen LogP contribution is 2.27. The van der Waals surface area contributed by atoms with E-state index in [2.05, 4.69) is 10.4 Å². The third kappa shape index (κ3) is 4.37. The van der Waals surface area contributed by atoms with Crippen molar-refractivity contribution in [1.82, 2.24) is 9.78 Å². The monoisotopic (exact) mass is 453 g/mol. The molecule has 0 unspecified atom stereocenters. The number of carbonyl (C=O) groups excluding carboxylic acids is 1. The van der Waals surface area contributed by atoms with Crippen LogP contribution in [0.3, 0.4) is 0 Å². The highest BCUT2D eigenvalue weighted by molar-refractivity contribution is 5.97. The Hall–Kier alpha value is -4.85. The van der Waals surface area contributed by atoms with Crippen LogP contribution in [0.5, 0.6) is 0 Å². The van der Waals surface area contributed by atoms with Gasteiger partial charge in [0.2, 0.25) is 0 Å². The first kappa shape index (κ1) is 21.0. The lowest BCUT2D eigenvalue weighted by atomic mass is 10.0. The molecule has 0 atom stereocenters. The normalized spacial score (nSPS) is 10.8. The van der Waals surface area contributed by atoms with E-state index in [1.165, 1.54) is 10.9 Å². The average Bonchev–Trinajstić information content (AvgIpc) is 3.47. The molecule has 34 heavy (non-hydrogen) atoms. The van der Waals surface area contributed by atoms with Gasteiger partial charge in [0.15, 0.2) is 12.4 Å². The Balaban J connectivity index is 1.28. The van der Waals surface area contributed by atoms with Gasteiger partial charge in [-0.05, 0) is 41.5 Å². The van der Waals surface area contributed by atoms with Crippen molar-refractivity contribution < 1.29 is 23.8 Å². The second-order valence-corrected chi connectivity index (χ2v) is 7.51. The molecule has 2 N–H and O–H groups in total. The van der Waals surface area contributed by atoms with Gasteiger partial charge in [-0.2, -0.15) is 0 Å². The van der Waals surface area contributed by atoms with Gasteiger partial charge in [-0.15, -0.1) is 5.10 Å². The summed E-state index contributed by atoms with van der Waals surface area (Å²) in [4.78, 5) is 23.9. The van der Waals surface area contributed by atoms with Gasteiger partial charge in [0, 0.05) is 11.6 Å². The van der Waals surface area contributed by atoms with Crippen molar-refractivity contribution in [3.05, 3.63) is 102 Å². The molecular weight excluding hydrogens is 434 g/mol. The van der Waals surface area contributed by atoms with Crippen molar-refractivity contribution >= 4 is 28.8 Å². The minimum Gasteiger partial charge on any atom is -0.477 e. The Labute approximate surface area is 194 Å². The summed E-state index contributed by atoms with van der Waals surface area (Å²) < 4.78 is 12.4. The number of benzene rings is 3. The van der Waals surface area contributed by atoms with Crippen LogP contribution in [-0.4, -0.2) is 26.9 Å². The average molecular weight is 453 g/mol. The number of para-hydroxylation sites is 1. The second kappa shape index (κ2) is 8.95. The standard InChI is InChI=1S/C26H19N3O5/c30-25(31)22-15-29(20-9-5-2-6-10-20)28-24(22)27-26(32)33-16-21-14-19-13-18(11-12-23(19)34-21)17-7-3-1-4-8-17/h1-15H,16H2,(H,30,31)(H,27,28,32). The molecule has 8 heteroatoms. The number of hydrogen-bond donors (Lipinski definition) is 2. The van der Waals surface area contributed by atoms with Gasteiger partial charge < -0.3 is 14.3 Å². The van der Waals surface area contributed by atoms with E-state index in [-0.39, 0.29) is 18.0 Å². The van der Waals surface area contributed by atoms with Crippen LogP contribution in [0, 0.1) is 0 Å². The highest BCUT2D eigenvalue weighted by atomic mass is 16.6. The fourth-order valence-corrected chi connectivity index (χ4v) is 3.58. The summed E-state index contributed by atoms with van der Waals surface area (Å²) >= 11 is 0. The minimum absolute atomic E-state index is 0.113. The number of amides is 1. The van der Waals surface area contributed by atoms with Crippen LogP contribution in [0.15, 0.2) is 95.5 Å². The van der Waals surface area contributed by atoms with Gasteiger partial charge in [-0.1, -0.05) is 54.6 Å². The number of ether oxygens (including phenoxy) is 1.